The maximum Gasteiger partial charge on any atom is 0.300 e. The Labute approximate surface area is 130 Å². The van der Waals surface area contributed by atoms with E-state index in [0.29, 0.717) is 0 Å². The summed E-state index contributed by atoms with van der Waals surface area (Å²) in [5, 5.41) is 0. The van der Waals surface area contributed by atoms with E-state index in [0.717, 1.165) is 33.4 Å². The first kappa shape index (κ1) is 15.4. The predicted molar refractivity (Wildman–Crippen MR) is 89.9 cm³/mol. The molecule has 2 heterocycles. The number of aryl methyl sites for hydroxylation is 4. The normalized spacial score (nSPS) is 10.5. The molecule has 20 heavy (non-hydrogen) atoms. The average Bonchev–Trinajstić information content (AvgIpc) is 2.37. The molecule has 0 aromatic carbocycles. The maximum atomic E-state index is 6.53. The summed E-state index contributed by atoms with van der Waals surface area (Å²) in [4.78, 5) is 8.85. The first-order chi connectivity index (χ1) is 9.40. The quantitative estimate of drug-likeness (QED) is 0.814. The Bertz CT molecular complexity index is 579. The molecule has 0 aliphatic rings. The van der Waals surface area contributed by atoms with Crippen LogP contribution in [0.1, 0.15) is 22.3 Å². The second-order valence-electron chi connectivity index (χ2n) is 5.23. The highest BCUT2D eigenvalue weighted by Gasteiger charge is 2.34. The van der Waals surface area contributed by atoms with Crippen molar-refractivity contribution in [2.45, 2.75) is 27.7 Å². The second-order valence-corrected chi connectivity index (χ2v) is 6.17. The molecule has 0 bridgehead atoms. The van der Waals surface area contributed by atoms with Crippen molar-refractivity contribution in [2.75, 3.05) is 0 Å². The van der Waals surface area contributed by atoms with Crippen LogP contribution in [0.25, 0.3) is 0 Å². The van der Waals surface area contributed by atoms with Crippen LogP contribution in [-0.4, -0.2) is 22.0 Å². The van der Waals surface area contributed by atoms with Gasteiger partial charge in [0.25, 0.3) is 0 Å². The van der Waals surface area contributed by atoms with Crippen LogP contribution in [-0.2, 0) is 0 Å². The van der Waals surface area contributed by atoms with Gasteiger partial charge in [-0.2, -0.15) is 22.9 Å². The van der Waals surface area contributed by atoms with E-state index >= 15 is 0 Å². The van der Waals surface area contributed by atoms with Gasteiger partial charge in [0.15, 0.2) is 0 Å². The van der Waals surface area contributed by atoms with Crippen molar-refractivity contribution in [1.82, 2.24) is 9.97 Å². The molecule has 0 amide bonds. The summed E-state index contributed by atoms with van der Waals surface area (Å²) in [6.07, 6.45) is 3.63. The SMILES string of the molecule is Cc1cnc(B(Cl)B(Cl)c2ncc(C)cc2C)c(C)c1. The molecule has 102 valence electrons. The smallest absolute Gasteiger partial charge is 0.270 e. The molecule has 2 aromatic rings. The molecule has 0 saturated heterocycles. The fraction of sp³-hybridized carbons (Fsp3) is 0.286. The highest BCUT2D eigenvalue weighted by molar-refractivity contribution is 7.63. The fourth-order valence-electron chi connectivity index (χ4n) is 2.31. The van der Waals surface area contributed by atoms with E-state index in [2.05, 4.69) is 22.1 Å². The van der Waals surface area contributed by atoms with Crippen molar-refractivity contribution in [3.63, 3.8) is 0 Å². The van der Waals surface area contributed by atoms with Crippen molar-refractivity contribution in [3.8, 4) is 0 Å². The minimum absolute atomic E-state index is 0.397. The number of aromatic nitrogens is 2. The van der Waals surface area contributed by atoms with Crippen molar-refractivity contribution in [3.05, 3.63) is 46.8 Å². The number of nitrogens with zero attached hydrogens (tertiary/aromatic N) is 2. The fourth-order valence-corrected chi connectivity index (χ4v) is 3.00. The summed E-state index contributed by atoms with van der Waals surface area (Å²) in [5.74, 6) is 0. The lowest BCUT2D eigenvalue weighted by molar-refractivity contribution is 1.26. The standard InChI is InChI=1S/C14H16B2Cl2N2/c1-9-5-11(3)13(19-7-9)15(17)16(18)14-12(4)6-10(2)8-20-14/h5-8H,1-4H3. The molecule has 0 aliphatic carbocycles. The topological polar surface area (TPSA) is 25.8 Å². The van der Waals surface area contributed by atoms with Crippen LogP contribution in [0.4, 0.5) is 0 Å². The van der Waals surface area contributed by atoms with E-state index in [1.807, 2.05) is 40.1 Å². The van der Waals surface area contributed by atoms with Crippen molar-refractivity contribution >= 4 is 46.1 Å². The van der Waals surface area contributed by atoms with Gasteiger partial charge in [0, 0.05) is 23.6 Å². The lowest BCUT2D eigenvalue weighted by Gasteiger charge is -2.14. The first-order valence-electron chi connectivity index (χ1n) is 6.54. The number of hydrogen-bond acceptors (Lipinski definition) is 2. The molecule has 2 aromatic heterocycles. The van der Waals surface area contributed by atoms with Crippen LogP contribution in [0.2, 0.25) is 0 Å². The third kappa shape index (κ3) is 3.18. The largest absolute Gasteiger partial charge is 0.300 e. The number of pyridine rings is 2. The van der Waals surface area contributed by atoms with Crippen LogP contribution in [0.3, 0.4) is 0 Å². The Hall–Kier alpha value is -0.990. The van der Waals surface area contributed by atoms with E-state index in [1.165, 1.54) is 0 Å². The summed E-state index contributed by atoms with van der Waals surface area (Å²) in [5.41, 5.74) is 5.98. The van der Waals surface area contributed by atoms with E-state index in [-0.39, 0.29) is 0 Å². The maximum absolute atomic E-state index is 6.53. The highest BCUT2D eigenvalue weighted by atomic mass is 35.5. The highest BCUT2D eigenvalue weighted by Crippen LogP contribution is 2.08. The van der Waals surface area contributed by atoms with Gasteiger partial charge in [-0.15, -0.1) is 0 Å². The van der Waals surface area contributed by atoms with Crippen molar-refractivity contribution in [2.24, 2.45) is 0 Å². The number of rotatable bonds is 3. The molecule has 0 fully saturated rings. The summed E-state index contributed by atoms with van der Waals surface area (Å²) < 4.78 is 0. The molecule has 0 radical (unpaired) electrons. The van der Waals surface area contributed by atoms with Crippen LogP contribution >= 0.6 is 22.9 Å². The number of halogens is 2. The van der Waals surface area contributed by atoms with Gasteiger partial charge < -0.3 is 0 Å². The van der Waals surface area contributed by atoms with Gasteiger partial charge in [0.1, 0.15) is 0 Å². The molecule has 0 N–H and O–H groups in total. The lowest BCUT2D eigenvalue weighted by atomic mass is 9.32. The van der Waals surface area contributed by atoms with Gasteiger partial charge in [-0.25, -0.2) is 0 Å². The summed E-state index contributed by atoms with van der Waals surface area (Å²) in [7, 11) is 0. The van der Waals surface area contributed by atoms with Crippen LogP contribution in [0, 0.1) is 27.7 Å². The molecule has 0 spiro atoms. The third-order valence-electron chi connectivity index (χ3n) is 3.29. The zero-order valence-corrected chi connectivity index (χ0v) is 13.6. The van der Waals surface area contributed by atoms with Crippen molar-refractivity contribution in [1.29, 1.82) is 0 Å². The van der Waals surface area contributed by atoms with Crippen LogP contribution in [0.15, 0.2) is 24.5 Å². The number of hydrogen-bond donors (Lipinski definition) is 0. The van der Waals surface area contributed by atoms with Gasteiger partial charge >= 0.3 is 12.0 Å². The monoisotopic (exact) mass is 304 g/mol. The molecule has 2 nitrogen and oxygen atoms in total. The zero-order valence-electron chi connectivity index (χ0n) is 12.1. The second kappa shape index (κ2) is 6.19. The Kier molecular flexibility index (Phi) is 4.77. The Balaban J connectivity index is 2.34. The average molecular weight is 305 g/mol. The van der Waals surface area contributed by atoms with Crippen LogP contribution < -0.4 is 11.2 Å². The minimum atomic E-state index is -0.397. The zero-order chi connectivity index (χ0) is 14.9. The van der Waals surface area contributed by atoms with Gasteiger partial charge in [-0.05, 0) is 49.9 Å². The molecule has 0 atom stereocenters. The predicted octanol–water partition coefficient (Wildman–Crippen LogP) is 2.36. The van der Waals surface area contributed by atoms with Gasteiger partial charge in [-0.3, -0.25) is 9.97 Å². The lowest BCUT2D eigenvalue weighted by Crippen LogP contribution is -2.50. The Morgan fingerprint density at radius 1 is 0.750 bits per heavy atom. The van der Waals surface area contributed by atoms with E-state index in [1.54, 1.807) is 0 Å². The molecule has 0 saturated carbocycles. The Morgan fingerprint density at radius 2 is 1.10 bits per heavy atom. The summed E-state index contributed by atoms with van der Waals surface area (Å²) in [6, 6.07) is 3.34. The minimum Gasteiger partial charge on any atom is -0.270 e. The summed E-state index contributed by atoms with van der Waals surface area (Å²) >= 11 is 13.1. The van der Waals surface area contributed by atoms with E-state index in [9.17, 15) is 0 Å². The van der Waals surface area contributed by atoms with Crippen LogP contribution in [0.5, 0.6) is 0 Å². The molecular weight excluding hydrogens is 289 g/mol. The first-order valence-corrected chi connectivity index (χ1v) is 7.42. The van der Waals surface area contributed by atoms with Gasteiger partial charge in [-0.1, -0.05) is 12.1 Å². The molecule has 2 rings (SSSR count). The molecular formula is C14H16B2Cl2N2. The summed E-state index contributed by atoms with van der Waals surface area (Å²) in [6.45, 7) is 8.03. The van der Waals surface area contributed by atoms with Gasteiger partial charge in [0.2, 0.25) is 0 Å². The molecule has 0 unspecified atom stereocenters. The third-order valence-corrected chi connectivity index (χ3v) is 4.34. The van der Waals surface area contributed by atoms with E-state index < -0.39 is 12.0 Å². The van der Waals surface area contributed by atoms with E-state index in [4.69, 9.17) is 22.9 Å². The van der Waals surface area contributed by atoms with Gasteiger partial charge in [0.05, 0.1) is 0 Å². The Morgan fingerprint density at radius 3 is 1.40 bits per heavy atom. The van der Waals surface area contributed by atoms with Crippen molar-refractivity contribution < 1.29 is 0 Å². The molecule has 0 aliphatic heterocycles. The molecule has 6 heteroatoms.